The van der Waals surface area contributed by atoms with Crippen LogP contribution in [0.15, 0.2) is 60.7 Å². The molecule has 2 amide bonds. The van der Waals surface area contributed by atoms with Gasteiger partial charge >= 0.3 is 0 Å². The van der Waals surface area contributed by atoms with E-state index in [1.54, 1.807) is 62.8 Å². The van der Waals surface area contributed by atoms with Crippen LogP contribution in [0.25, 0.3) is 0 Å². The molecular weight excluding hydrogens is 427 g/mol. The first-order chi connectivity index (χ1) is 14.4. The number of carbonyl (C=O) groups is 2. The summed E-state index contributed by atoms with van der Waals surface area (Å²) in [4.78, 5) is 25.3. The Balaban J connectivity index is 1.84. The second kappa shape index (κ2) is 9.52. The van der Waals surface area contributed by atoms with Crippen LogP contribution in [0.1, 0.15) is 20.7 Å². The van der Waals surface area contributed by atoms with Crippen molar-refractivity contribution in [1.29, 1.82) is 0 Å². The monoisotopic (exact) mass is 444 g/mol. The Morgan fingerprint density at radius 2 is 1.00 bits per heavy atom. The highest BCUT2D eigenvalue weighted by Gasteiger charge is 2.15. The van der Waals surface area contributed by atoms with Crippen LogP contribution in [0.3, 0.4) is 0 Å². The van der Waals surface area contributed by atoms with Crippen molar-refractivity contribution in [1.82, 2.24) is 0 Å². The summed E-state index contributed by atoms with van der Waals surface area (Å²) < 4.78 is 10.2. The van der Waals surface area contributed by atoms with E-state index in [0.717, 1.165) is 0 Å². The Kier molecular flexibility index (Phi) is 6.82. The molecule has 0 saturated heterocycles. The molecule has 30 heavy (non-hydrogen) atoms. The molecule has 0 spiro atoms. The van der Waals surface area contributed by atoms with Gasteiger partial charge in [-0.1, -0.05) is 23.2 Å². The van der Waals surface area contributed by atoms with Gasteiger partial charge in [0.05, 0.1) is 35.6 Å². The fourth-order valence-corrected chi connectivity index (χ4v) is 2.95. The molecule has 0 bridgehead atoms. The first-order valence-electron chi connectivity index (χ1n) is 8.81. The van der Waals surface area contributed by atoms with E-state index in [1.807, 2.05) is 0 Å². The van der Waals surface area contributed by atoms with Gasteiger partial charge in [-0.25, -0.2) is 0 Å². The summed E-state index contributed by atoms with van der Waals surface area (Å²) in [5, 5.41) is 5.98. The minimum atomic E-state index is -0.379. The van der Waals surface area contributed by atoms with Crippen LogP contribution in [0.4, 0.5) is 11.4 Å². The van der Waals surface area contributed by atoms with Crippen molar-refractivity contribution in [3.63, 3.8) is 0 Å². The molecule has 0 atom stereocenters. The molecule has 3 aromatic rings. The summed E-state index contributed by atoms with van der Waals surface area (Å²) in [6, 6.07) is 16.2. The van der Waals surface area contributed by atoms with E-state index >= 15 is 0 Å². The minimum absolute atomic E-state index is 0.240. The van der Waals surface area contributed by atoms with Gasteiger partial charge in [0.1, 0.15) is 11.5 Å². The Morgan fingerprint density at radius 1 is 0.667 bits per heavy atom. The number of benzene rings is 3. The van der Waals surface area contributed by atoms with Gasteiger partial charge in [-0.2, -0.15) is 0 Å². The molecule has 0 aliphatic carbocycles. The molecule has 3 aromatic carbocycles. The van der Waals surface area contributed by atoms with Crippen LogP contribution >= 0.6 is 23.2 Å². The molecular formula is C22H18Cl2N2O4. The van der Waals surface area contributed by atoms with Crippen LogP contribution in [-0.2, 0) is 0 Å². The van der Waals surface area contributed by atoms with E-state index < -0.39 is 0 Å². The molecule has 2 N–H and O–H groups in total. The third-order valence-corrected chi connectivity index (χ3v) is 4.98. The van der Waals surface area contributed by atoms with Crippen LogP contribution in [0, 0.1) is 0 Å². The highest BCUT2D eigenvalue weighted by Crippen LogP contribution is 2.33. The second-order valence-electron chi connectivity index (χ2n) is 6.18. The van der Waals surface area contributed by atoms with Gasteiger partial charge in [0.15, 0.2) is 0 Å². The van der Waals surface area contributed by atoms with E-state index in [0.29, 0.717) is 34.0 Å². The van der Waals surface area contributed by atoms with E-state index in [-0.39, 0.29) is 21.9 Å². The normalized spacial score (nSPS) is 10.3. The van der Waals surface area contributed by atoms with Crippen LogP contribution < -0.4 is 20.1 Å². The zero-order valence-electron chi connectivity index (χ0n) is 16.2. The van der Waals surface area contributed by atoms with Gasteiger partial charge < -0.3 is 20.1 Å². The predicted octanol–water partition coefficient (Wildman–Crippen LogP) is 5.52. The Morgan fingerprint density at radius 3 is 1.30 bits per heavy atom. The fourth-order valence-electron chi connectivity index (χ4n) is 2.63. The molecule has 8 heteroatoms. The van der Waals surface area contributed by atoms with Gasteiger partial charge in [-0.15, -0.1) is 0 Å². The van der Waals surface area contributed by atoms with Gasteiger partial charge in [0.25, 0.3) is 11.8 Å². The Bertz CT molecular complexity index is 981. The lowest BCUT2D eigenvalue weighted by Crippen LogP contribution is -2.17. The maximum absolute atomic E-state index is 12.6. The summed E-state index contributed by atoms with van der Waals surface area (Å²) >= 11 is 12.2. The molecule has 0 aliphatic rings. The van der Waals surface area contributed by atoms with Gasteiger partial charge in [0, 0.05) is 11.1 Å². The molecule has 154 valence electrons. The largest absolute Gasteiger partial charge is 0.497 e. The van der Waals surface area contributed by atoms with Crippen molar-refractivity contribution >= 4 is 46.4 Å². The lowest BCUT2D eigenvalue weighted by molar-refractivity contribution is 0.101. The van der Waals surface area contributed by atoms with Crippen LogP contribution in [0.2, 0.25) is 10.0 Å². The average molecular weight is 445 g/mol. The SMILES string of the molecule is COc1ccc(C(=O)Nc2cc(Cl)c(Cl)cc2NC(=O)c2ccc(OC)cc2)cc1. The van der Waals surface area contributed by atoms with Gasteiger partial charge in [-0.3, -0.25) is 9.59 Å². The quantitative estimate of drug-likeness (QED) is 0.524. The Hall–Kier alpha value is -3.22. The van der Waals surface area contributed by atoms with Crippen molar-refractivity contribution in [2.75, 3.05) is 24.9 Å². The molecule has 0 aromatic heterocycles. The number of rotatable bonds is 6. The molecule has 0 fully saturated rings. The molecule has 6 nitrogen and oxygen atoms in total. The molecule has 0 radical (unpaired) electrons. The summed E-state index contributed by atoms with van der Waals surface area (Å²) in [6.07, 6.45) is 0. The summed E-state index contributed by atoms with van der Waals surface area (Å²) in [6.45, 7) is 0. The molecule has 0 heterocycles. The smallest absolute Gasteiger partial charge is 0.255 e. The van der Waals surface area contributed by atoms with E-state index in [2.05, 4.69) is 10.6 Å². The topological polar surface area (TPSA) is 76.7 Å². The van der Waals surface area contributed by atoms with Crippen molar-refractivity contribution in [3.05, 3.63) is 81.8 Å². The molecule has 3 rings (SSSR count). The standard InChI is InChI=1S/C22H18Cl2N2O4/c1-29-15-7-3-13(4-8-15)21(27)25-19-11-17(23)18(24)12-20(19)26-22(28)14-5-9-16(30-2)10-6-14/h3-12H,1-2H3,(H,25,27)(H,26,28). The Labute approximate surface area is 183 Å². The molecule has 0 unspecified atom stereocenters. The number of halogens is 2. The third-order valence-electron chi connectivity index (χ3n) is 4.26. The van der Waals surface area contributed by atoms with Crippen molar-refractivity contribution < 1.29 is 19.1 Å². The number of anilines is 2. The maximum atomic E-state index is 12.6. The lowest BCUT2D eigenvalue weighted by atomic mass is 10.1. The number of amides is 2. The number of hydrogen-bond acceptors (Lipinski definition) is 4. The maximum Gasteiger partial charge on any atom is 0.255 e. The highest BCUT2D eigenvalue weighted by atomic mass is 35.5. The van der Waals surface area contributed by atoms with Crippen LogP contribution in [0.5, 0.6) is 11.5 Å². The van der Waals surface area contributed by atoms with E-state index in [1.165, 1.54) is 12.1 Å². The summed E-state index contributed by atoms with van der Waals surface area (Å²) in [5.74, 6) is 0.508. The van der Waals surface area contributed by atoms with Gasteiger partial charge in [-0.05, 0) is 60.7 Å². The molecule has 0 saturated carbocycles. The number of nitrogens with one attached hydrogen (secondary N) is 2. The average Bonchev–Trinajstić information content (AvgIpc) is 2.77. The zero-order chi connectivity index (χ0) is 21.7. The predicted molar refractivity (Wildman–Crippen MR) is 118 cm³/mol. The van der Waals surface area contributed by atoms with Gasteiger partial charge in [0.2, 0.25) is 0 Å². The number of methoxy groups -OCH3 is 2. The van der Waals surface area contributed by atoms with Crippen molar-refractivity contribution in [2.45, 2.75) is 0 Å². The number of ether oxygens (including phenoxy) is 2. The fraction of sp³-hybridized carbons (Fsp3) is 0.0909. The minimum Gasteiger partial charge on any atom is -0.497 e. The number of carbonyl (C=O) groups excluding carboxylic acids is 2. The van der Waals surface area contributed by atoms with Crippen molar-refractivity contribution in [3.8, 4) is 11.5 Å². The van der Waals surface area contributed by atoms with Crippen LogP contribution in [-0.4, -0.2) is 26.0 Å². The third kappa shape index (κ3) is 5.03. The first kappa shape index (κ1) is 21.5. The highest BCUT2D eigenvalue weighted by molar-refractivity contribution is 6.42. The number of hydrogen-bond donors (Lipinski definition) is 2. The summed E-state index contributed by atoms with van der Waals surface area (Å²) in [5.41, 5.74) is 1.45. The summed E-state index contributed by atoms with van der Waals surface area (Å²) in [7, 11) is 3.09. The van der Waals surface area contributed by atoms with Crippen molar-refractivity contribution in [2.24, 2.45) is 0 Å². The zero-order valence-corrected chi connectivity index (χ0v) is 17.7. The lowest BCUT2D eigenvalue weighted by Gasteiger charge is -2.14. The first-order valence-corrected chi connectivity index (χ1v) is 9.56. The van der Waals surface area contributed by atoms with E-state index in [9.17, 15) is 9.59 Å². The second-order valence-corrected chi connectivity index (χ2v) is 6.99. The van der Waals surface area contributed by atoms with E-state index in [4.69, 9.17) is 32.7 Å². The molecule has 0 aliphatic heterocycles.